The molecule has 0 bridgehead atoms. The number of phenols is 1. The second-order valence-corrected chi connectivity index (χ2v) is 5.21. The summed E-state index contributed by atoms with van der Waals surface area (Å²) in [6.45, 7) is 4.50. The summed E-state index contributed by atoms with van der Waals surface area (Å²) in [5.41, 5.74) is 0.957. The molecule has 0 spiro atoms. The van der Waals surface area contributed by atoms with Gasteiger partial charge in [-0.25, -0.2) is 0 Å². The van der Waals surface area contributed by atoms with Crippen LogP contribution in [0.15, 0.2) is 18.2 Å². The monoisotopic (exact) mass is 279 g/mol. The summed E-state index contributed by atoms with van der Waals surface area (Å²) >= 11 is 5.58. The molecule has 0 amide bonds. The van der Waals surface area contributed by atoms with Gasteiger partial charge in [0.1, 0.15) is 4.99 Å². The molecule has 0 radical (unpaired) electrons. The summed E-state index contributed by atoms with van der Waals surface area (Å²) in [5, 5.41) is 9.72. The maximum atomic E-state index is 9.72. The van der Waals surface area contributed by atoms with Gasteiger partial charge in [0, 0.05) is 18.7 Å². The highest BCUT2D eigenvalue weighted by Crippen LogP contribution is 2.28. The van der Waals surface area contributed by atoms with Crippen molar-refractivity contribution in [3.8, 4) is 11.5 Å². The van der Waals surface area contributed by atoms with Crippen LogP contribution in [0, 0.1) is 0 Å². The Bertz CT molecular complexity index is 440. The van der Waals surface area contributed by atoms with Crippen LogP contribution in [0.25, 0.3) is 0 Å². The molecular formula is C15H21NO2S. The Morgan fingerprint density at radius 3 is 2.58 bits per heavy atom. The van der Waals surface area contributed by atoms with Gasteiger partial charge >= 0.3 is 0 Å². The normalized spacial score (nSPS) is 15.9. The molecule has 0 aliphatic carbocycles. The number of hydrogen-bond acceptors (Lipinski definition) is 3. The van der Waals surface area contributed by atoms with E-state index in [-0.39, 0.29) is 5.75 Å². The minimum Gasteiger partial charge on any atom is -0.504 e. The van der Waals surface area contributed by atoms with E-state index in [0.29, 0.717) is 12.4 Å². The first kappa shape index (κ1) is 14.1. The molecule has 1 fully saturated rings. The SMILES string of the molecule is CCOc1cc(C(=S)N2CCCCCC2)ccc1O. The predicted molar refractivity (Wildman–Crippen MR) is 81.0 cm³/mol. The zero-order chi connectivity index (χ0) is 13.7. The van der Waals surface area contributed by atoms with Gasteiger partial charge in [0.15, 0.2) is 11.5 Å². The van der Waals surface area contributed by atoms with Crippen LogP contribution in [0.3, 0.4) is 0 Å². The van der Waals surface area contributed by atoms with Crippen molar-refractivity contribution in [3.63, 3.8) is 0 Å². The molecule has 1 aliphatic heterocycles. The zero-order valence-electron chi connectivity index (χ0n) is 11.4. The first-order valence-electron chi connectivity index (χ1n) is 6.97. The summed E-state index contributed by atoms with van der Waals surface area (Å²) in [4.78, 5) is 3.13. The molecule has 104 valence electrons. The molecular weight excluding hydrogens is 258 g/mol. The molecule has 1 N–H and O–H groups in total. The molecule has 2 rings (SSSR count). The van der Waals surface area contributed by atoms with Crippen molar-refractivity contribution < 1.29 is 9.84 Å². The van der Waals surface area contributed by atoms with Crippen LogP contribution >= 0.6 is 12.2 Å². The van der Waals surface area contributed by atoms with Crippen LogP contribution < -0.4 is 4.74 Å². The third-order valence-corrected chi connectivity index (χ3v) is 3.89. The molecule has 19 heavy (non-hydrogen) atoms. The second kappa shape index (κ2) is 6.75. The lowest BCUT2D eigenvalue weighted by Crippen LogP contribution is -2.30. The summed E-state index contributed by atoms with van der Waals surface area (Å²) in [5.74, 6) is 0.682. The fourth-order valence-electron chi connectivity index (χ4n) is 2.37. The third-order valence-electron chi connectivity index (χ3n) is 3.40. The van der Waals surface area contributed by atoms with E-state index in [1.807, 2.05) is 19.1 Å². The van der Waals surface area contributed by atoms with E-state index < -0.39 is 0 Å². The number of hydrogen-bond donors (Lipinski definition) is 1. The van der Waals surface area contributed by atoms with E-state index in [1.165, 1.54) is 25.7 Å². The van der Waals surface area contributed by atoms with Crippen LogP contribution in [-0.2, 0) is 0 Å². The molecule has 1 aliphatic rings. The molecule has 0 unspecified atom stereocenters. The highest BCUT2D eigenvalue weighted by atomic mass is 32.1. The predicted octanol–water partition coefficient (Wildman–Crippen LogP) is 3.34. The van der Waals surface area contributed by atoms with Crippen molar-refractivity contribution in [2.75, 3.05) is 19.7 Å². The van der Waals surface area contributed by atoms with Gasteiger partial charge < -0.3 is 14.7 Å². The summed E-state index contributed by atoms with van der Waals surface area (Å²) < 4.78 is 5.41. The van der Waals surface area contributed by atoms with E-state index in [2.05, 4.69) is 4.90 Å². The number of nitrogens with zero attached hydrogens (tertiary/aromatic N) is 1. The van der Waals surface area contributed by atoms with Crippen molar-refractivity contribution in [1.82, 2.24) is 4.90 Å². The molecule has 4 heteroatoms. The minimum atomic E-state index is 0.171. The maximum absolute atomic E-state index is 9.72. The number of benzene rings is 1. The first-order valence-corrected chi connectivity index (χ1v) is 7.38. The fourth-order valence-corrected chi connectivity index (χ4v) is 2.68. The highest BCUT2D eigenvalue weighted by molar-refractivity contribution is 7.80. The summed E-state index contributed by atoms with van der Waals surface area (Å²) in [6.07, 6.45) is 4.99. The van der Waals surface area contributed by atoms with Gasteiger partial charge in [-0.1, -0.05) is 25.1 Å². The van der Waals surface area contributed by atoms with Crippen molar-refractivity contribution in [2.24, 2.45) is 0 Å². The van der Waals surface area contributed by atoms with Crippen molar-refractivity contribution in [2.45, 2.75) is 32.6 Å². The third kappa shape index (κ3) is 3.60. The number of thiocarbonyl (C=S) groups is 1. The molecule has 0 saturated carbocycles. The van der Waals surface area contributed by atoms with Gasteiger partial charge in [0.25, 0.3) is 0 Å². The first-order chi connectivity index (χ1) is 9.22. The number of ether oxygens (including phenoxy) is 1. The molecule has 1 saturated heterocycles. The average molecular weight is 279 g/mol. The molecule has 0 atom stereocenters. The van der Waals surface area contributed by atoms with E-state index in [0.717, 1.165) is 23.6 Å². The quantitative estimate of drug-likeness (QED) is 0.860. The molecule has 1 aromatic rings. The Labute approximate surface area is 120 Å². The van der Waals surface area contributed by atoms with Crippen LogP contribution in [0.1, 0.15) is 38.2 Å². The smallest absolute Gasteiger partial charge is 0.161 e. The van der Waals surface area contributed by atoms with Crippen LogP contribution in [0.4, 0.5) is 0 Å². The Balaban J connectivity index is 2.15. The number of likely N-dealkylation sites (tertiary alicyclic amines) is 1. The lowest BCUT2D eigenvalue weighted by molar-refractivity contribution is 0.318. The largest absolute Gasteiger partial charge is 0.504 e. The fraction of sp³-hybridized carbons (Fsp3) is 0.533. The van der Waals surface area contributed by atoms with E-state index >= 15 is 0 Å². The lowest BCUT2D eigenvalue weighted by Gasteiger charge is -2.23. The number of aromatic hydroxyl groups is 1. The number of rotatable bonds is 3. The average Bonchev–Trinajstić information content (AvgIpc) is 2.69. The second-order valence-electron chi connectivity index (χ2n) is 4.82. The summed E-state index contributed by atoms with van der Waals surface area (Å²) in [7, 11) is 0. The molecule has 3 nitrogen and oxygen atoms in total. The van der Waals surface area contributed by atoms with Gasteiger partial charge in [0.2, 0.25) is 0 Å². The Morgan fingerprint density at radius 2 is 1.95 bits per heavy atom. The van der Waals surface area contributed by atoms with Gasteiger partial charge in [0.05, 0.1) is 6.61 Å². The van der Waals surface area contributed by atoms with Crippen molar-refractivity contribution in [1.29, 1.82) is 0 Å². The van der Waals surface area contributed by atoms with E-state index in [4.69, 9.17) is 17.0 Å². The van der Waals surface area contributed by atoms with E-state index in [9.17, 15) is 5.11 Å². The maximum Gasteiger partial charge on any atom is 0.161 e. The Hall–Kier alpha value is -1.29. The van der Waals surface area contributed by atoms with Gasteiger partial charge in [-0.2, -0.15) is 0 Å². The van der Waals surface area contributed by atoms with Crippen molar-refractivity contribution >= 4 is 17.2 Å². The minimum absolute atomic E-state index is 0.171. The van der Waals surface area contributed by atoms with Crippen LogP contribution in [-0.4, -0.2) is 34.7 Å². The Kier molecular flexibility index (Phi) is 5.02. The topological polar surface area (TPSA) is 32.7 Å². The molecule has 0 aromatic heterocycles. The van der Waals surface area contributed by atoms with Crippen LogP contribution in [0.5, 0.6) is 11.5 Å². The molecule has 1 aromatic carbocycles. The molecule has 1 heterocycles. The standard InChI is InChI=1S/C15H21NO2S/c1-2-18-14-11-12(7-8-13(14)17)15(19)16-9-5-3-4-6-10-16/h7-8,11,17H,2-6,9-10H2,1H3. The van der Waals surface area contributed by atoms with Gasteiger partial charge in [-0.05, 0) is 38.0 Å². The summed E-state index contributed by atoms with van der Waals surface area (Å²) in [6, 6.07) is 5.36. The van der Waals surface area contributed by atoms with Gasteiger partial charge in [-0.15, -0.1) is 0 Å². The Morgan fingerprint density at radius 1 is 1.26 bits per heavy atom. The van der Waals surface area contributed by atoms with Gasteiger partial charge in [-0.3, -0.25) is 0 Å². The van der Waals surface area contributed by atoms with E-state index in [1.54, 1.807) is 6.07 Å². The highest BCUT2D eigenvalue weighted by Gasteiger charge is 2.15. The zero-order valence-corrected chi connectivity index (χ0v) is 12.2. The van der Waals surface area contributed by atoms with Crippen molar-refractivity contribution in [3.05, 3.63) is 23.8 Å². The lowest BCUT2D eigenvalue weighted by atomic mass is 10.2. The number of phenolic OH excluding ortho intramolecular Hbond substituents is 1. The van der Waals surface area contributed by atoms with Crippen LogP contribution in [0.2, 0.25) is 0 Å².